The van der Waals surface area contributed by atoms with Gasteiger partial charge in [0.15, 0.2) is 0 Å². The minimum atomic E-state index is -0.0478. The van der Waals surface area contributed by atoms with Gasteiger partial charge in [-0.15, -0.1) is 0 Å². The fourth-order valence-corrected chi connectivity index (χ4v) is 2.28. The minimum Gasteiger partial charge on any atom is -0.508 e. The predicted molar refractivity (Wildman–Crippen MR) is 63.6 cm³/mol. The number of aliphatic hydroxyl groups excluding tert-OH is 1. The molecule has 1 aliphatic heterocycles. The summed E-state index contributed by atoms with van der Waals surface area (Å²) in [6.45, 7) is 0.726. The number of hydrogen-bond acceptors (Lipinski definition) is 3. The van der Waals surface area contributed by atoms with Crippen LogP contribution < -0.4 is 0 Å². The Kier molecular flexibility index (Phi) is 3.64. The van der Waals surface area contributed by atoms with Gasteiger partial charge in [0.05, 0.1) is 19.1 Å². The summed E-state index contributed by atoms with van der Waals surface area (Å²) < 4.78 is 0. The van der Waals surface area contributed by atoms with Gasteiger partial charge >= 0.3 is 0 Å². The Morgan fingerprint density at radius 2 is 2.18 bits per heavy atom. The Morgan fingerprint density at radius 3 is 2.88 bits per heavy atom. The summed E-state index contributed by atoms with van der Waals surface area (Å²) in [5.41, 5.74) is 0.640. The summed E-state index contributed by atoms with van der Waals surface area (Å²) >= 11 is 0. The average Bonchev–Trinajstić information content (AvgIpc) is 2.80. The summed E-state index contributed by atoms with van der Waals surface area (Å²) in [5.74, 6) is 0.128. The number of phenolic OH excluding ortho intramolecular Hbond substituents is 1. The van der Waals surface area contributed by atoms with Crippen molar-refractivity contribution in [1.29, 1.82) is 0 Å². The van der Waals surface area contributed by atoms with E-state index in [1.807, 2.05) is 0 Å². The Balaban J connectivity index is 2.04. The fraction of sp³-hybridized carbons (Fsp3) is 0.462. The van der Waals surface area contributed by atoms with Crippen LogP contribution in [0.3, 0.4) is 0 Å². The summed E-state index contributed by atoms with van der Waals surface area (Å²) in [7, 11) is 0. The van der Waals surface area contributed by atoms with Crippen molar-refractivity contribution in [3.63, 3.8) is 0 Å². The highest BCUT2D eigenvalue weighted by molar-refractivity contribution is 5.80. The van der Waals surface area contributed by atoms with Gasteiger partial charge in [-0.3, -0.25) is 4.79 Å². The number of aliphatic hydroxyl groups is 1. The molecule has 0 radical (unpaired) electrons. The van der Waals surface area contributed by atoms with Crippen LogP contribution in [0.2, 0.25) is 0 Å². The molecular formula is C13H17NO3. The number of phenols is 1. The fourth-order valence-electron chi connectivity index (χ4n) is 2.28. The second-order valence-electron chi connectivity index (χ2n) is 4.37. The molecule has 1 amide bonds. The quantitative estimate of drug-likeness (QED) is 0.819. The highest BCUT2D eigenvalue weighted by Gasteiger charge is 2.28. The summed E-state index contributed by atoms with van der Waals surface area (Å²) in [6.07, 6.45) is 2.00. The van der Waals surface area contributed by atoms with Gasteiger partial charge in [0.1, 0.15) is 5.75 Å². The number of aromatic hydroxyl groups is 1. The molecule has 0 aliphatic carbocycles. The maximum atomic E-state index is 12.0. The molecule has 0 bridgehead atoms. The smallest absolute Gasteiger partial charge is 0.227 e. The maximum Gasteiger partial charge on any atom is 0.227 e. The van der Waals surface area contributed by atoms with E-state index in [0.29, 0.717) is 12.1 Å². The molecule has 4 nitrogen and oxygen atoms in total. The van der Waals surface area contributed by atoms with Crippen LogP contribution in [0.1, 0.15) is 18.4 Å². The molecule has 2 rings (SSSR count). The van der Waals surface area contributed by atoms with Crippen molar-refractivity contribution >= 4 is 5.91 Å². The third-order valence-corrected chi connectivity index (χ3v) is 3.24. The van der Waals surface area contributed by atoms with E-state index in [1.165, 1.54) is 0 Å². The SMILES string of the molecule is O=C(Cc1ccccc1O)N1CCC[C@@H]1CO. The lowest BCUT2D eigenvalue weighted by Crippen LogP contribution is -2.38. The number of benzene rings is 1. The zero-order valence-electron chi connectivity index (χ0n) is 9.67. The molecule has 1 aliphatic rings. The lowest BCUT2D eigenvalue weighted by atomic mass is 10.1. The lowest BCUT2D eigenvalue weighted by molar-refractivity contribution is -0.132. The van der Waals surface area contributed by atoms with Gasteiger partial charge in [-0.05, 0) is 18.9 Å². The number of rotatable bonds is 3. The Hall–Kier alpha value is -1.55. The Morgan fingerprint density at radius 1 is 1.41 bits per heavy atom. The Labute approximate surface area is 100 Å². The van der Waals surface area contributed by atoms with Crippen molar-refractivity contribution in [1.82, 2.24) is 4.90 Å². The van der Waals surface area contributed by atoms with Crippen molar-refractivity contribution in [3.05, 3.63) is 29.8 Å². The van der Waals surface area contributed by atoms with E-state index < -0.39 is 0 Å². The van der Waals surface area contributed by atoms with Crippen LogP contribution in [0.5, 0.6) is 5.75 Å². The summed E-state index contributed by atoms with van der Waals surface area (Å²) in [6, 6.07) is 6.81. The van der Waals surface area contributed by atoms with Crippen molar-refractivity contribution < 1.29 is 15.0 Å². The summed E-state index contributed by atoms with van der Waals surface area (Å²) in [5, 5.41) is 18.8. The first kappa shape index (κ1) is 11.9. The van der Waals surface area contributed by atoms with Crippen molar-refractivity contribution in [2.45, 2.75) is 25.3 Å². The number of likely N-dealkylation sites (tertiary alicyclic amines) is 1. The second-order valence-corrected chi connectivity index (χ2v) is 4.37. The van der Waals surface area contributed by atoms with Crippen LogP contribution in [0.4, 0.5) is 0 Å². The number of carbonyl (C=O) groups excluding carboxylic acids is 1. The van der Waals surface area contributed by atoms with Gasteiger partial charge in [-0.1, -0.05) is 18.2 Å². The molecule has 1 atom stereocenters. The van der Waals surface area contributed by atoms with Crippen molar-refractivity contribution in [2.75, 3.05) is 13.2 Å². The molecule has 92 valence electrons. The first-order valence-electron chi connectivity index (χ1n) is 5.89. The normalized spacial score (nSPS) is 19.6. The third-order valence-electron chi connectivity index (χ3n) is 3.24. The number of nitrogens with zero attached hydrogens (tertiary/aromatic N) is 1. The van der Waals surface area contributed by atoms with Crippen LogP contribution in [0, 0.1) is 0 Å². The van der Waals surface area contributed by atoms with Crippen LogP contribution >= 0.6 is 0 Å². The van der Waals surface area contributed by atoms with Crippen LogP contribution in [-0.4, -0.2) is 40.2 Å². The van der Waals surface area contributed by atoms with Crippen molar-refractivity contribution in [2.24, 2.45) is 0 Å². The van der Waals surface area contributed by atoms with Crippen LogP contribution in [0.25, 0.3) is 0 Å². The molecule has 1 heterocycles. The van der Waals surface area contributed by atoms with E-state index in [-0.39, 0.29) is 30.7 Å². The first-order valence-corrected chi connectivity index (χ1v) is 5.89. The average molecular weight is 235 g/mol. The van der Waals surface area contributed by atoms with Crippen molar-refractivity contribution in [3.8, 4) is 5.75 Å². The molecule has 0 spiro atoms. The van der Waals surface area contributed by atoms with E-state index >= 15 is 0 Å². The second kappa shape index (κ2) is 5.19. The van der Waals surface area contributed by atoms with Crippen LogP contribution in [0.15, 0.2) is 24.3 Å². The topological polar surface area (TPSA) is 60.8 Å². The van der Waals surface area contributed by atoms with Gasteiger partial charge in [0.25, 0.3) is 0 Å². The third kappa shape index (κ3) is 2.58. The van der Waals surface area contributed by atoms with Gasteiger partial charge in [0, 0.05) is 12.1 Å². The van der Waals surface area contributed by atoms with E-state index in [9.17, 15) is 9.90 Å². The minimum absolute atomic E-state index is 0.0203. The molecule has 1 saturated heterocycles. The number of hydrogen-bond donors (Lipinski definition) is 2. The van der Waals surface area contributed by atoms with Gasteiger partial charge < -0.3 is 15.1 Å². The zero-order valence-corrected chi connectivity index (χ0v) is 9.67. The van der Waals surface area contributed by atoms with E-state index in [0.717, 1.165) is 12.8 Å². The number of para-hydroxylation sites is 1. The van der Waals surface area contributed by atoms with E-state index in [2.05, 4.69) is 0 Å². The highest BCUT2D eigenvalue weighted by Crippen LogP contribution is 2.21. The van der Waals surface area contributed by atoms with Gasteiger partial charge in [0.2, 0.25) is 5.91 Å². The molecule has 0 unspecified atom stereocenters. The van der Waals surface area contributed by atoms with E-state index in [1.54, 1.807) is 29.2 Å². The molecular weight excluding hydrogens is 218 g/mol. The summed E-state index contributed by atoms with van der Waals surface area (Å²) in [4.78, 5) is 13.8. The Bertz CT molecular complexity index is 405. The van der Waals surface area contributed by atoms with Crippen LogP contribution in [-0.2, 0) is 11.2 Å². The number of carbonyl (C=O) groups is 1. The maximum absolute atomic E-state index is 12.0. The molecule has 1 aromatic rings. The van der Waals surface area contributed by atoms with E-state index in [4.69, 9.17) is 5.11 Å². The lowest BCUT2D eigenvalue weighted by Gasteiger charge is -2.23. The highest BCUT2D eigenvalue weighted by atomic mass is 16.3. The molecule has 2 N–H and O–H groups in total. The molecule has 1 fully saturated rings. The largest absolute Gasteiger partial charge is 0.508 e. The predicted octanol–water partition coefficient (Wildman–Crippen LogP) is 0.918. The molecule has 0 aromatic heterocycles. The molecule has 17 heavy (non-hydrogen) atoms. The molecule has 0 saturated carbocycles. The monoisotopic (exact) mass is 235 g/mol. The van der Waals surface area contributed by atoms with Gasteiger partial charge in [-0.25, -0.2) is 0 Å². The first-order chi connectivity index (χ1) is 8.22. The van der Waals surface area contributed by atoms with Gasteiger partial charge in [-0.2, -0.15) is 0 Å². The zero-order chi connectivity index (χ0) is 12.3. The number of amides is 1. The molecule has 1 aromatic carbocycles. The molecule has 4 heteroatoms. The standard InChI is InChI=1S/C13H17NO3/c15-9-11-5-3-7-14(11)13(17)8-10-4-1-2-6-12(10)16/h1-2,4,6,11,15-16H,3,5,7-9H2/t11-/m1/s1.